The molecule has 7 nitrogen and oxygen atoms in total. The summed E-state index contributed by atoms with van der Waals surface area (Å²) in [7, 11) is -1.94. The number of hydrogen-bond acceptors (Lipinski definition) is 5. The van der Waals surface area contributed by atoms with Gasteiger partial charge in [0.1, 0.15) is 15.7 Å². The van der Waals surface area contributed by atoms with Gasteiger partial charge in [-0.1, -0.05) is 6.07 Å². The minimum absolute atomic E-state index is 0.00628. The molecule has 0 spiro atoms. The summed E-state index contributed by atoms with van der Waals surface area (Å²) in [5.41, 5.74) is 1.23. The molecule has 1 aliphatic carbocycles. The summed E-state index contributed by atoms with van der Waals surface area (Å²) in [6, 6.07) is 8.48. The topological polar surface area (TPSA) is 79.5 Å². The third-order valence-corrected chi connectivity index (χ3v) is 6.35. The van der Waals surface area contributed by atoms with Gasteiger partial charge < -0.3 is 9.47 Å². The Morgan fingerprint density at radius 3 is 2.48 bits per heavy atom. The fourth-order valence-electron chi connectivity index (χ4n) is 3.98. The van der Waals surface area contributed by atoms with Crippen LogP contribution in [0.15, 0.2) is 41.2 Å². The van der Waals surface area contributed by atoms with Crippen molar-refractivity contribution in [2.24, 2.45) is 0 Å². The van der Waals surface area contributed by atoms with Crippen LogP contribution < -0.4 is 15.2 Å². The van der Waals surface area contributed by atoms with E-state index in [0.29, 0.717) is 34.7 Å². The molecule has 2 aromatic carbocycles. The summed E-state index contributed by atoms with van der Waals surface area (Å²) in [6.45, 7) is 2.24. The van der Waals surface area contributed by atoms with E-state index in [-0.39, 0.29) is 17.5 Å². The zero-order valence-electron chi connectivity index (χ0n) is 17.7. The van der Waals surface area contributed by atoms with Crippen molar-refractivity contribution in [3.63, 3.8) is 0 Å². The molecule has 1 aromatic heterocycles. The molecule has 3 aromatic rings. The Morgan fingerprint density at radius 2 is 1.87 bits per heavy atom. The summed E-state index contributed by atoms with van der Waals surface area (Å²) < 4.78 is 52.7. The van der Waals surface area contributed by atoms with Crippen LogP contribution in [0.4, 0.5) is 4.39 Å². The van der Waals surface area contributed by atoms with Crippen LogP contribution >= 0.6 is 0 Å². The van der Waals surface area contributed by atoms with E-state index < -0.39 is 21.7 Å². The molecule has 1 atom stereocenters. The Hall–Kier alpha value is -2.81. The van der Waals surface area contributed by atoms with E-state index in [0.717, 1.165) is 19.1 Å². The highest BCUT2D eigenvalue weighted by atomic mass is 32.2. The van der Waals surface area contributed by atoms with Crippen LogP contribution in [0.3, 0.4) is 0 Å². The average molecular weight is 449 g/mol. The highest BCUT2D eigenvalue weighted by Crippen LogP contribution is 2.38. The number of halogens is 1. The smallest absolute Gasteiger partial charge is 0.329 e. The van der Waals surface area contributed by atoms with Gasteiger partial charge in [0.2, 0.25) is 0 Å². The number of imidazole rings is 1. The fraction of sp³-hybridized carbons (Fsp3) is 0.409. The second kappa shape index (κ2) is 8.03. The quantitative estimate of drug-likeness (QED) is 0.528. The molecule has 0 aliphatic heterocycles. The van der Waals surface area contributed by atoms with Crippen LogP contribution in [-0.4, -0.2) is 43.3 Å². The molecule has 9 heteroatoms. The van der Waals surface area contributed by atoms with Crippen molar-refractivity contribution in [3.8, 4) is 11.5 Å². The summed E-state index contributed by atoms with van der Waals surface area (Å²) in [5, 5.41) is 0. The molecule has 1 heterocycles. The van der Waals surface area contributed by atoms with Crippen molar-refractivity contribution in [1.29, 1.82) is 0 Å². The van der Waals surface area contributed by atoms with Crippen molar-refractivity contribution in [2.45, 2.75) is 31.8 Å². The Labute approximate surface area is 179 Å². The first kappa shape index (κ1) is 21.4. The molecular weight excluding hydrogens is 423 g/mol. The molecule has 0 unspecified atom stereocenters. The molecule has 31 heavy (non-hydrogen) atoms. The molecule has 166 valence electrons. The molecule has 0 radical (unpaired) electrons. The van der Waals surface area contributed by atoms with Crippen molar-refractivity contribution < 1.29 is 22.3 Å². The molecule has 0 saturated heterocycles. The van der Waals surface area contributed by atoms with Crippen LogP contribution in [-0.2, 0) is 9.84 Å². The predicted molar refractivity (Wildman–Crippen MR) is 116 cm³/mol. The zero-order valence-corrected chi connectivity index (χ0v) is 18.5. The second-order valence-corrected chi connectivity index (χ2v) is 10.0. The maximum absolute atomic E-state index is 14.0. The van der Waals surface area contributed by atoms with Crippen LogP contribution in [0.5, 0.6) is 11.5 Å². The third-order valence-electron chi connectivity index (χ3n) is 5.43. The van der Waals surface area contributed by atoms with E-state index in [4.69, 9.17) is 9.47 Å². The number of fused-ring (bicyclic) bond motifs is 1. The molecule has 0 N–H and O–H groups in total. The Kier molecular flexibility index (Phi) is 5.55. The highest BCUT2D eigenvalue weighted by molar-refractivity contribution is 7.90. The first-order valence-corrected chi connectivity index (χ1v) is 12.2. The van der Waals surface area contributed by atoms with E-state index in [1.54, 1.807) is 22.8 Å². The Morgan fingerprint density at radius 1 is 1.13 bits per heavy atom. The van der Waals surface area contributed by atoms with E-state index in [1.807, 2.05) is 6.92 Å². The van der Waals surface area contributed by atoms with E-state index in [9.17, 15) is 17.6 Å². The molecule has 1 aliphatic rings. The minimum Gasteiger partial charge on any atom is -0.493 e. The van der Waals surface area contributed by atoms with Crippen molar-refractivity contribution in [3.05, 3.63) is 58.3 Å². The molecule has 0 amide bonds. The average Bonchev–Trinajstić information content (AvgIpc) is 3.49. The van der Waals surface area contributed by atoms with E-state index in [1.165, 1.54) is 29.9 Å². The van der Waals surface area contributed by atoms with Gasteiger partial charge in [-0.2, -0.15) is 0 Å². The third kappa shape index (κ3) is 4.19. The summed E-state index contributed by atoms with van der Waals surface area (Å²) >= 11 is 0. The number of sulfone groups is 1. The summed E-state index contributed by atoms with van der Waals surface area (Å²) in [5.74, 6) is 0.248. The van der Waals surface area contributed by atoms with Gasteiger partial charge in [0.15, 0.2) is 11.5 Å². The number of methoxy groups -OCH3 is 1. The SMILES string of the molecule is CCOc1cc([C@@H](CS(C)(=O)=O)n2c(=O)n(C3CC3)c3cc(F)ccc32)ccc1OC. The van der Waals surface area contributed by atoms with E-state index >= 15 is 0 Å². The van der Waals surface area contributed by atoms with Gasteiger partial charge >= 0.3 is 5.69 Å². The Balaban J connectivity index is 1.97. The van der Waals surface area contributed by atoms with Gasteiger partial charge in [-0.3, -0.25) is 9.13 Å². The van der Waals surface area contributed by atoms with Gasteiger partial charge in [0.25, 0.3) is 0 Å². The molecular formula is C22H25FN2O5S. The predicted octanol–water partition coefficient (Wildman–Crippen LogP) is 3.32. The first-order valence-electron chi connectivity index (χ1n) is 10.1. The summed E-state index contributed by atoms with van der Waals surface area (Å²) in [4.78, 5) is 13.5. The first-order chi connectivity index (χ1) is 14.7. The maximum atomic E-state index is 14.0. The number of aromatic nitrogens is 2. The largest absolute Gasteiger partial charge is 0.493 e. The van der Waals surface area contributed by atoms with Gasteiger partial charge in [0.05, 0.1) is 36.5 Å². The molecule has 1 saturated carbocycles. The van der Waals surface area contributed by atoms with Gasteiger partial charge in [0, 0.05) is 12.3 Å². The summed E-state index contributed by atoms with van der Waals surface area (Å²) in [6.07, 6.45) is 2.81. The highest BCUT2D eigenvalue weighted by Gasteiger charge is 2.32. The van der Waals surface area contributed by atoms with Crippen LogP contribution in [0.1, 0.15) is 37.4 Å². The standard InChI is InChI=1S/C22H25FN2O5S/c1-4-30-21-11-14(5-10-20(21)29-2)19(13-31(3,27)28)25-17-9-6-15(23)12-18(17)24(22(25)26)16-7-8-16/h5-6,9-12,16,19H,4,7-8,13H2,1-3H3/t19-/m1/s1. The lowest BCUT2D eigenvalue weighted by atomic mass is 10.1. The van der Waals surface area contributed by atoms with Crippen LogP contribution in [0.25, 0.3) is 11.0 Å². The van der Waals surface area contributed by atoms with Crippen LogP contribution in [0, 0.1) is 5.82 Å². The Bertz CT molecular complexity index is 1290. The number of rotatable bonds is 8. The lowest BCUT2D eigenvalue weighted by molar-refractivity contribution is 0.310. The second-order valence-electron chi connectivity index (χ2n) is 7.84. The van der Waals surface area contributed by atoms with E-state index in [2.05, 4.69) is 0 Å². The minimum atomic E-state index is -3.46. The molecule has 0 bridgehead atoms. The van der Waals surface area contributed by atoms with Gasteiger partial charge in [-0.05, 0) is 55.7 Å². The van der Waals surface area contributed by atoms with Crippen molar-refractivity contribution >= 4 is 20.9 Å². The zero-order chi connectivity index (χ0) is 22.3. The van der Waals surface area contributed by atoms with Crippen LogP contribution in [0.2, 0.25) is 0 Å². The van der Waals surface area contributed by atoms with Gasteiger partial charge in [-0.15, -0.1) is 0 Å². The molecule has 4 rings (SSSR count). The fourth-order valence-corrected chi connectivity index (χ4v) is 4.89. The van der Waals surface area contributed by atoms with Crippen molar-refractivity contribution in [1.82, 2.24) is 9.13 Å². The lowest BCUT2D eigenvalue weighted by Crippen LogP contribution is -2.31. The van der Waals surface area contributed by atoms with Crippen molar-refractivity contribution in [2.75, 3.05) is 25.7 Å². The monoisotopic (exact) mass is 448 g/mol. The maximum Gasteiger partial charge on any atom is 0.329 e. The number of nitrogens with zero attached hydrogens (tertiary/aromatic N) is 2. The number of ether oxygens (including phenoxy) is 2. The molecule has 1 fully saturated rings. The number of hydrogen-bond donors (Lipinski definition) is 0. The normalized spacial score (nSPS) is 15.2. The number of benzene rings is 2. The lowest BCUT2D eigenvalue weighted by Gasteiger charge is -2.20. The van der Waals surface area contributed by atoms with Gasteiger partial charge in [-0.25, -0.2) is 17.6 Å².